The Hall–Kier alpha value is -3.64. The van der Waals surface area contributed by atoms with E-state index in [0.29, 0.717) is 17.3 Å². The molecule has 0 spiro atoms. The fraction of sp³-hybridized carbons (Fsp3) is 0.222. The van der Waals surface area contributed by atoms with Crippen LogP contribution in [0.25, 0.3) is 10.9 Å². The average molecular weight is 476 g/mol. The van der Waals surface area contributed by atoms with Gasteiger partial charge in [-0.25, -0.2) is 4.79 Å². The van der Waals surface area contributed by atoms with Gasteiger partial charge in [0.25, 0.3) is 0 Å². The minimum atomic E-state index is -0.285. The van der Waals surface area contributed by atoms with Crippen LogP contribution in [0.15, 0.2) is 60.7 Å². The molecular formula is C27H26ClN3O3. The van der Waals surface area contributed by atoms with Crippen LogP contribution >= 0.6 is 11.6 Å². The van der Waals surface area contributed by atoms with Crippen molar-refractivity contribution in [1.82, 2.24) is 9.88 Å². The molecule has 0 unspecified atom stereocenters. The number of carbonyl (C=O) groups excluding carboxylic acids is 1. The Balaban J connectivity index is 1.59. The van der Waals surface area contributed by atoms with E-state index in [1.54, 1.807) is 20.3 Å². The Morgan fingerprint density at radius 1 is 1.03 bits per heavy atom. The summed E-state index contributed by atoms with van der Waals surface area (Å²) < 4.78 is 10.8. The summed E-state index contributed by atoms with van der Waals surface area (Å²) in [5, 5.41) is 4.78. The number of carbonyl (C=O) groups is 1. The lowest BCUT2D eigenvalue weighted by atomic mass is 9.92. The molecule has 0 radical (unpaired) electrons. The normalized spacial score (nSPS) is 15.2. The van der Waals surface area contributed by atoms with Crippen LogP contribution in [-0.2, 0) is 6.42 Å². The topological polar surface area (TPSA) is 66.6 Å². The number of aryl methyl sites for hydroxylation is 1. The average Bonchev–Trinajstić information content (AvgIpc) is 3.23. The van der Waals surface area contributed by atoms with Crippen molar-refractivity contribution >= 4 is 34.2 Å². The van der Waals surface area contributed by atoms with Gasteiger partial charge in [0.15, 0.2) is 0 Å². The first-order chi connectivity index (χ1) is 16.5. The van der Waals surface area contributed by atoms with Crippen molar-refractivity contribution < 1.29 is 14.3 Å². The molecular weight excluding hydrogens is 450 g/mol. The highest BCUT2D eigenvalue weighted by atomic mass is 35.5. The van der Waals surface area contributed by atoms with Crippen molar-refractivity contribution in [2.24, 2.45) is 0 Å². The number of hydrogen-bond donors (Lipinski definition) is 2. The molecule has 2 heterocycles. The van der Waals surface area contributed by atoms with E-state index in [0.717, 1.165) is 45.6 Å². The van der Waals surface area contributed by atoms with Crippen LogP contribution < -0.4 is 14.8 Å². The molecule has 2 amide bonds. The Labute approximate surface area is 203 Å². The van der Waals surface area contributed by atoms with Crippen molar-refractivity contribution in [1.29, 1.82) is 0 Å². The van der Waals surface area contributed by atoms with Gasteiger partial charge in [0.05, 0.1) is 20.3 Å². The standard InChI is InChI=1S/C27H26ClN3O3/c1-16-4-7-18(28)14-24(16)30-27(32)31-13-12-21-22-15-20(34-3)10-11-23(22)29-25(21)26(31)17-5-8-19(33-2)9-6-17/h4-11,14-15,26,29H,12-13H2,1-3H3,(H,30,32)/t26-/m1/s1. The van der Waals surface area contributed by atoms with Crippen molar-refractivity contribution in [2.45, 2.75) is 19.4 Å². The highest BCUT2D eigenvalue weighted by molar-refractivity contribution is 6.31. The highest BCUT2D eigenvalue weighted by Gasteiger charge is 2.35. The third-order valence-corrected chi connectivity index (χ3v) is 6.70. The van der Waals surface area contributed by atoms with E-state index in [-0.39, 0.29) is 12.1 Å². The molecule has 3 aromatic carbocycles. The highest BCUT2D eigenvalue weighted by Crippen LogP contribution is 2.40. The van der Waals surface area contributed by atoms with Gasteiger partial charge in [-0.05, 0) is 72.5 Å². The van der Waals surface area contributed by atoms with E-state index in [1.165, 1.54) is 5.56 Å². The Morgan fingerprint density at radius 2 is 1.76 bits per heavy atom. The van der Waals surface area contributed by atoms with Gasteiger partial charge in [-0.15, -0.1) is 0 Å². The Bertz CT molecular complexity index is 1360. The van der Waals surface area contributed by atoms with E-state index in [9.17, 15) is 4.79 Å². The molecule has 0 saturated heterocycles. The smallest absolute Gasteiger partial charge is 0.322 e. The summed E-state index contributed by atoms with van der Waals surface area (Å²) in [4.78, 5) is 19.0. The summed E-state index contributed by atoms with van der Waals surface area (Å²) in [6.07, 6.45) is 0.733. The van der Waals surface area contributed by atoms with Crippen LogP contribution in [0.5, 0.6) is 11.5 Å². The van der Waals surface area contributed by atoms with Gasteiger partial charge in [0.1, 0.15) is 11.5 Å². The number of urea groups is 1. The molecule has 7 heteroatoms. The predicted octanol–water partition coefficient (Wildman–Crippen LogP) is 6.33. The summed E-state index contributed by atoms with van der Waals surface area (Å²) in [5.74, 6) is 1.58. The minimum Gasteiger partial charge on any atom is -0.497 e. The number of halogens is 1. The zero-order chi connectivity index (χ0) is 23.8. The summed E-state index contributed by atoms with van der Waals surface area (Å²) >= 11 is 6.18. The number of benzene rings is 3. The molecule has 174 valence electrons. The maximum absolute atomic E-state index is 13.6. The summed E-state index contributed by atoms with van der Waals surface area (Å²) in [6, 6.07) is 18.9. The van der Waals surface area contributed by atoms with E-state index in [4.69, 9.17) is 21.1 Å². The number of nitrogens with one attached hydrogen (secondary N) is 2. The van der Waals surface area contributed by atoms with Gasteiger partial charge in [-0.1, -0.05) is 29.8 Å². The van der Waals surface area contributed by atoms with Crippen LogP contribution in [0.1, 0.15) is 28.4 Å². The lowest BCUT2D eigenvalue weighted by molar-refractivity contribution is 0.193. The number of aromatic amines is 1. The summed E-state index contributed by atoms with van der Waals surface area (Å²) in [6.45, 7) is 2.52. The van der Waals surface area contributed by atoms with Gasteiger partial charge < -0.3 is 24.7 Å². The first-order valence-electron chi connectivity index (χ1n) is 11.1. The first kappa shape index (κ1) is 22.2. The van der Waals surface area contributed by atoms with Gasteiger partial charge in [0, 0.05) is 33.9 Å². The number of fused-ring (bicyclic) bond motifs is 3. The predicted molar refractivity (Wildman–Crippen MR) is 135 cm³/mol. The largest absolute Gasteiger partial charge is 0.497 e. The van der Waals surface area contributed by atoms with E-state index in [2.05, 4.69) is 16.4 Å². The zero-order valence-corrected chi connectivity index (χ0v) is 20.1. The number of rotatable bonds is 4. The van der Waals surface area contributed by atoms with Gasteiger partial charge in [0.2, 0.25) is 0 Å². The third-order valence-electron chi connectivity index (χ3n) is 6.47. The molecule has 34 heavy (non-hydrogen) atoms. The molecule has 1 atom stereocenters. The minimum absolute atomic E-state index is 0.173. The Kier molecular flexibility index (Phi) is 5.84. The van der Waals surface area contributed by atoms with Crippen LogP contribution in [0.4, 0.5) is 10.5 Å². The van der Waals surface area contributed by atoms with Gasteiger partial charge in [-0.2, -0.15) is 0 Å². The maximum atomic E-state index is 13.6. The lowest BCUT2D eigenvalue weighted by Gasteiger charge is -2.36. The maximum Gasteiger partial charge on any atom is 0.322 e. The fourth-order valence-electron chi connectivity index (χ4n) is 4.66. The molecule has 0 fully saturated rings. The molecule has 0 bridgehead atoms. The molecule has 4 aromatic rings. The van der Waals surface area contributed by atoms with Crippen LogP contribution in [0.3, 0.4) is 0 Å². The second kappa shape index (κ2) is 8.95. The monoisotopic (exact) mass is 475 g/mol. The molecule has 1 aliphatic rings. The molecule has 2 N–H and O–H groups in total. The summed E-state index contributed by atoms with van der Waals surface area (Å²) in [5.41, 5.74) is 5.90. The number of anilines is 1. The quantitative estimate of drug-likeness (QED) is 0.362. The van der Waals surface area contributed by atoms with Gasteiger partial charge in [-0.3, -0.25) is 0 Å². The molecule has 0 saturated carbocycles. The second-order valence-electron chi connectivity index (χ2n) is 8.44. The number of H-pyrrole nitrogens is 1. The number of hydrogen-bond acceptors (Lipinski definition) is 3. The lowest BCUT2D eigenvalue weighted by Crippen LogP contribution is -2.43. The number of amides is 2. The second-order valence-corrected chi connectivity index (χ2v) is 8.87. The number of aromatic nitrogens is 1. The number of ether oxygens (including phenoxy) is 2. The Morgan fingerprint density at radius 3 is 2.50 bits per heavy atom. The van der Waals surface area contributed by atoms with Crippen molar-refractivity contribution in [3.63, 3.8) is 0 Å². The fourth-order valence-corrected chi connectivity index (χ4v) is 4.83. The van der Waals surface area contributed by atoms with Gasteiger partial charge >= 0.3 is 6.03 Å². The zero-order valence-electron chi connectivity index (χ0n) is 19.3. The molecule has 1 aliphatic heterocycles. The van der Waals surface area contributed by atoms with E-state index < -0.39 is 0 Å². The molecule has 1 aromatic heterocycles. The van der Waals surface area contributed by atoms with Crippen LogP contribution in [0, 0.1) is 6.92 Å². The van der Waals surface area contributed by atoms with Crippen molar-refractivity contribution in [2.75, 3.05) is 26.1 Å². The summed E-state index contributed by atoms with van der Waals surface area (Å²) in [7, 11) is 3.32. The van der Waals surface area contributed by atoms with E-state index in [1.807, 2.05) is 60.4 Å². The van der Waals surface area contributed by atoms with Crippen LogP contribution in [-0.4, -0.2) is 36.7 Å². The first-order valence-corrected chi connectivity index (χ1v) is 11.5. The molecule has 6 nitrogen and oxygen atoms in total. The van der Waals surface area contributed by atoms with Crippen LogP contribution in [0.2, 0.25) is 5.02 Å². The van der Waals surface area contributed by atoms with E-state index >= 15 is 0 Å². The third kappa shape index (κ3) is 3.94. The van der Waals surface area contributed by atoms with Crippen molar-refractivity contribution in [3.05, 3.63) is 88.1 Å². The SMILES string of the molecule is COc1ccc([C@@H]2c3[nH]c4ccc(OC)cc4c3CCN2C(=O)Nc2cc(Cl)ccc2C)cc1. The van der Waals surface area contributed by atoms with Crippen molar-refractivity contribution in [3.8, 4) is 11.5 Å². The molecule has 0 aliphatic carbocycles. The molecule has 5 rings (SSSR count). The number of nitrogens with zero attached hydrogens (tertiary/aromatic N) is 1. The number of methoxy groups -OCH3 is 2.